The van der Waals surface area contributed by atoms with Gasteiger partial charge in [0.2, 0.25) is 0 Å². The maximum absolute atomic E-state index is 10.9. The van der Waals surface area contributed by atoms with E-state index in [0.29, 0.717) is 0 Å². The number of hydrogen-bond acceptors (Lipinski definition) is 1. The molecule has 15 heavy (non-hydrogen) atoms. The predicted molar refractivity (Wildman–Crippen MR) is 59.1 cm³/mol. The Labute approximate surface area is 93.9 Å². The zero-order chi connectivity index (χ0) is 10.9. The van der Waals surface area contributed by atoms with E-state index in [1.165, 1.54) is 0 Å². The van der Waals surface area contributed by atoms with E-state index >= 15 is 0 Å². The summed E-state index contributed by atoms with van der Waals surface area (Å²) in [5.41, 5.74) is 0.742. The minimum Gasteiger partial charge on any atom is -0.481 e. The number of rotatable bonds is 4. The zero-order valence-electron chi connectivity index (χ0n) is 8.37. The fourth-order valence-corrected chi connectivity index (χ4v) is 1.88. The number of benzene rings is 1. The average Bonchev–Trinajstić information content (AvgIpc) is 2.98. The number of aryl methyl sites for hydroxylation is 1. The van der Waals surface area contributed by atoms with Crippen molar-refractivity contribution >= 4 is 17.6 Å². The molecule has 1 saturated carbocycles. The molecular formula is C12H13ClO2. The van der Waals surface area contributed by atoms with E-state index in [0.717, 1.165) is 36.3 Å². The zero-order valence-corrected chi connectivity index (χ0v) is 9.13. The smallest absolute Gasteiger partial charge is 0.309 e. The SMILES string of the molecule is O=C(O)C1(CCc2ccc(Cl)cc2)CC1. The van der Waals surface area contributed by atoms with Crippen molar-refractivity contribution in [1.82, 2.24) is 0 Å². The van der Waals surface area contributed by atoms with Crippen LogP contribution in [-0.2, 0) is 11.2 Å². The number of carboxylic acid groups (broad SMARTS) is 1. The van der Waals surface area contributed by atoms with Gasteiger partial charge in [0.15, 0.2) is 0 Å². The van der Waals surface area contributed by atoms with Gasteiger partial charge in [-0.05, 0) is 43.4 Å². The van der Waals surface area contributed by atoms with E-state index < -0.39 is 11.4 Å². The average molecular weight is 225 g/mol. The van der Waals surface area contributed by atoms with Gasteiger partial charge in [0.25, 0.3) is 0 Å². The highest BCUT2D eigenvalue weighted by Gasteiger charge is 2.49. The van der Waals surface area contributed by atoms with Crippen LogP contribution in [0.15, 0.2) is 24.3 Å². The van der Waals surface area contributed by atoms with Crippen molar-refractivity contribution in [2.45, 2.75) is 25.7 Å². The minimum atomic E-state index is -0.642. The Morgan fingerprint density at radius 2 is 1.93 bits per heavy atom. The van der Waals surface area contributed by atoms with Gasteiger partial charge in [0, 0.05) is 5.02 Å². The lowest BCUT2D eigenvalue weighted by atomic mass is 9.97. The molecule has 0 amide bonds. The Balaban J connectivity index is 1.94. The van der Waals surface area contributed by atoms with Crippen LogP contribution in [0.4, 0.5) is 0 Å². The summed E-state index contributed by atoms with van der Waals surface area (Å²) in [7, 11) is 0. The molecule has 0 bridgehead atoms. The predicted octanol–water partition coefficient (Wildman–Crippen LogP) is 3.14. The molecule has 0 radical (unpaired) electrons. The second kappa shape index (κ2) is 3.86. The molecule has 1 fully saturated rings. The molecule has 1 aromatic carbocycles. The van der Waals surface area contributed by atoms with Crippen LogP contribution in [0.5, 0.6) is 0 Å². The summed E-state index contributed by atoms with van der Waals surface area (Å²) in [5.74, 6) is -0.642. The third-order valence-electron chi connectivity index (χ3n) is 3.11. The first-order chi connectivity index (χ1) is 7.12. The summed E-state index contributed by atoms with van der Waals surface area (Å²) in [6, 6.07) is 7.61. The fourth-order valence-electron chi connectivity index (χ4n) is 1.76. The summed E-state index contributed by atoms with van der Waals surface area (Å²) in [4.78, 5) is 10.9. The quantitative estimate of drug-likeness (QED) is 0.853. The first-order valence-electron chi connectivity index (χ1n) is 5.10. The van der Waals surface area contributed by atoms with Crippen LogP contribution in [0.25, 0.3) is 0 Å². The highest BCUT2D eigenvalue weighted by atomic mass is 35.5. The van der Waals surface area contributed by atoms with Crippen LogP contribution in [0, 0.1) is 5.41 Å². The number of carbonyl (C=O) groups is 1. The Morgan fingerprint density at radius 3 is 2.40 bits per heavy atom. The van der Waals surface area contributed by atoms with Gasteiger partial charge in [-0.15, -0.1) is 0 Å². The summed E-state index contributed by atoms with van der Waals surface area (Å²) in [6.45, 7) is 0. The van der Waals surface area contributed by atoms with Crippen molar-refractivity contribution in [2.75, 3.05) is 0 Å². The minimum absolute atomic E-state index is 0.417. The summed E-state index contributed by atoms with van der Waals surface area (Å²) in [5, 5.41) is 9.73. The maximum Gasteiger partial charge on any atom is 0.309 e. The lowest BCUT2D eigenvalue weighted by molar-refractivity contribution is -0.143. The van der Waals surface area contributed by atoms with Gasteiger partial charge in [0.05, 0.1) is 5.41 Å². The van der Waals surface area contributed by atoms with Gasteiger partial charge in [-0.3, -0.25) is 4.79 Å². The highest BCUT2D eigenvalue weighted by Crippen LogP contribution is 2.49. The number of aliphatic carboxylic acids is 1. The molecule has 2 rings (SSSR count). The monoisotopic (exact) mass is 224 g/mol. The van der Waals surface area contributed by atoms with E-state index in [1.807, 2.05) is 24.3 Å². The molecule has 0 unspecified atom stereocenters. The second-order valence-electron chi connectivity index (χ2n) is 4.21. The molecule has 0 spiro atoms. The molecule has 0 atom stereocenters. The molecule has 2 nitrogen and oxygen atoms in total. The van der Waals surface area contributed by atoms with E-state index in [4.69, 9.17) is 16.7 Å². The van der Waals surface area contributed by atoms with Crippen LogP contribution in [0.1, 0.15) is 24.8 Å². The molecule has 1 aliphatic rings. The van der Waals surface area contributed by atoms with Crippen LogP contribution >= 0.6 is 11.6 Å². The standard InChI is InChI=1S/C12H13ClO2/c13-10-3-1-9(2-4-10)5-6-12(7-8-12)11(14)15/h1-4H,5-8H2,(H,14,15). The van der Waals surface area contributed by atoms with Gasteiger partial charge in [-0.1, -0.05) is 23.7 Å². The molecule has 1 aromatic rings. The molecule has 80 valence electrons. The van der Waals surface area contributed by atoms with Crippen LogP contribution in [-0.4, -0.2) is 11.1 Å². The topological polar surface area (TPSA) is 37.3 Å². The summed E-state index contributed by atoms with van der Waals surface area (Å²) < 4.78 is 0. The van der Waals surface area contributed by atoms with Crippen molar-refractivity contribution in [1.29, 1.82) is 0 Å². The normalized spacial score (nSPS) is 17.4. The van der Waals surface area contributed by atoms with Crippen molar-refractivity contribution in [3.05, 3.63) is 34.9 Å². The van der Waals surface area contributed by atoms with Crippen LogP contribution in [0.2, 0.25) is 5.02 Å². The maximum atomic E-state index is 10.9. The third-order valence-corrected chi connectivity index (χ3v) is 3.36. The number of halogens is 1. The second-order valence-corrected chi connectivity index (χ2v) is 4.65. The summed E-state index contributed by atoms with van der Waals surface area (Å²) >= 11 is 5.77. The Hall–Kier alpha value is -1.02. The molecule has 1 aliphatic carbocycles. The molecule has 0 aliphatic heterocycles. The Kier molecular flexibility index (Phi) is 2.70. The van der Waals surface area contributed by atoms with Gasteiger partial charge < -0.3 is 5.11 Å². The van der Waals surface area contributed by atoms with Gasteiger partial charge in [-0.2, -0.15) is 0 Å². The van der Waals surface area contributed by atoms with Gasteiger partial charge >= 0.3 is 5.97 Å². The van der Waals surface area contributed by atoms with Crippen LogP contribution < -0.4 is 0 Å². The van der Waals surface area contributed by atoms with Gasteiger partial charge in [0.1, 0.15) is 0 Å². The lowest BCUT2D eigenvalue weighted by Crippen LogP contribution is -2.15. The summed E-state index contributed by atoms with van der Waals surface area (Å²) in [6.07, 6.45) is 3.22. The largest absolute Gasteiger partial charge is 0.481 e. The van der Waals surface area contributed by atoms with E-state index in [2.05, 4.69) is 0 Å². The molecular weight excluding hydrogens is 212 g/mol. The molecule has 3 heteroatoms. The Bertz CT molecular complexity index is 366. The van der Waals surface area contributed by atoms with Crippen molar-refractivity contribution in [3.8, 4) is 0 Å². The van der Waals surface area contributed by atoms with Crippen molar-refractivity contribution in [2.24, 2.45) is 5.41 Å². The Morgan fingerprint density at radius 1 is 1.33 bits per heavy atom. The highest BCUT2D eigenvalue weighted by molar-refractivity contribution is 6.30. The number of carboxylic acids is 1. The first kappa shape index (κ1) is 10.5. The molecule has 0 heterocycles. The first-order valence-corrected chi connectivity index (χ1v) is 5.48. The van der Waals surface area contributed by atoms with Crippen LogP contribution in [0.3, 0.4) is 0 Å². The molecule has 0 aromatic heterocycles. The lowest BCUT2D eigenvalue weighted by Gasteiger charge is -2.08. The molecule has 0 saturated heterocycles. The number of hydrogen-bond donors (Lipinski definition) is 1. The third kappa shape index (κ3) is 2.32. The fraction of sp³-hybridized carbons (Fsp3) is 0.417. The van der Waals surface area contributed by atoms with E-state index in [9.17, 15) is 4.79 Å². The van der Waals surface area contributed by atoms with E-state index in [-0.39, 0.29) is 0 Å². The van der Waals surface area contributed by atoms with Crippen molar-refractivity contribution < 1.29 is 9.90 Å². The van der Waals surface area contributed by atoms with E-state index in [1.54, 1.807) is 0 Å². The molecule has 1 N–H and O–H groups in total. The van der Waals surface area contributed by atoms with Crippen molar-refractivity contribution in [3.63, 3.8) is 0 Å². The van der Waals surface area contributed by atoms with Gasteiger partial charge in [-0.25, -0.2) is 0 Å².